The monoisotopic (exact) mass is 258 g/mol. The third-order valence-corrected chi connectivity index (χ3v) is 2.49. The molecule has 0 aliphatic rings. The lowest BCUT2D eigenvalue weighted by Gasteiger charge is -2.19. The molecule has 0 radical (unpaired) electrons. The van der Waals surface area contributed by atoms with Crippen LogP contribution in [0.5, 0.6) is 0 Å². The van der Waals surface area contributed by atoms with Crippen molar-refractivity contribution < 1.29 is 0 Å². The number of nitrogens with zero attached hydrogens (tertiary/aromatic N) is 3. The van der Waals surface area contributed by atoms with E-state index < -0.39 is 0 Å². The average Bonchev–Trinajstić information content (AvgIpc) is 2.15. The van der Waals surface area contributed by atoms with E-state index in [4.69, 9.17) is 5.73 Å². The molecule has 4 nitrogen and oxygen atoms in total. The van der Waals surface area contributed by atoms with Gasteiger partial charge in [0, 0.05) is 25.8 Å². The number of aromatic nitrogens is 2. The van der Waals surface area contributed by atoms with E-state index in [2.05, 4.69) is 30.8 Å². The van der Waals surface area contributed by atoms with E-state index in [-0.39, 0.29) is 6.04 Å². The minimum absolute atomic E-state index is 0.220. The highest BCUT2D eigenvalue weighted by Gasteiger charge is 2.07. The molecule has 1 aromatic rings. The third kappa shape index (κ3) is 3.23. The zero-order valence-electron chi connectivity index (χ0n) is 8.44. The number of rotatable bonds is 4. The summed E-state index contributed by atoms with van der Waals surface area (Å²) in [4.78, 5) is 10.2. The normalized spacial score (nSPS) is 12.6. The van der Waals surface area contributed by atoms with Gasteiger partial charge >= 0.3 is 0 Å². The Morgan fingerprint density at radius 2 is 2.36 bits per heavy atom. The Bertz CT molecular complexity index is 290. The summed E-state index contributed by atoms with van der Waals surface area (Å²) in [7, 11) is 2.00. The van der Waals surface area contributed by atoms with Gasteiger partial charge in [-0.15, -0.1) is 0 Å². The van der Waals surface area contributed by atoms with Gasteiger partial charge in [0.15, 0.2) is 0 Å². The first kappa shape index (κ1) is 11.4. The predicted molar refractivity (Wildman–Crippen MR) is 61.3 cm³/mol. The van der Waals surface area contributed by atoms with Crippen molar-refractivity contribution in [1.29, 1.82) is 0 Å². The molecule has 0 amide bonds. The fraction of sp³-hybridized carbons (Fsp3) is 0.556. The molecule has 0 aromatic carbocycles. The summed E-state index contributed by atoms with van der Waals surface area (Å²) in [6.45, 7) is 2.90. The zero-order valence-corrected chi connectivity index (χ0v) is 10.0. The van der Waals surface area contributed by atoms with Gasteiger partial charge in [-0.3, -0.25) is 0 Å². The van der Waals surface area contributed by atoms with Gasteiger partial charge in [0.05, 0.1) is 4.47 Å². The van der Waals surface area contributed by atoms with Gasteiger partial charge in [0.2, 0.25) is 0 Å². The Balaban J connectivity index is 2.60. The summed E-state index contributed by atoms with van der Waals surface area (Å²) < 4.78 is 0.909. The molecule has 1 aromatic heterocycles. The second-order valence-corrected chi connectivity index (χ2v) is 4.24. The topological polar surface area (TPSA) is 55.0 Å². The second-order valence-electron chi connectivity index (χ2n) is 3.38. The molecule has 78 valence electrons. The molecular weight excluding hydrogens is 244 g/mol. The van der Waals surface area contributed by atoms with Crippen LogP contribution in [0, 0.1) is 0 Å². The lowest BCUT2D eigenvalue weighted by atomic mass is 10.2. The Morgan fingerprint density at radius 3 is 2.93 bits per heavy atom. The fourth-order valence-corrected chi connectivity index (χ4v) is 1.61. The molecule has 1 atom stereocenters. The van der Waals surface area contributed by atoms with Gasteiger partial charge in [-0.25, -0.2) is 9.97 Å². The van der Waals surface area contributed by atoms with Crippen molar-refractivity contribution in [2.24, 2.45) is 5.73 Å². The zero-order chi connectivity index (χ0) is 10.6. The van der Waals surface area contributed by atoms with Gasteiger partial charge in [-0.1, -0.05) is 0 Å². The Morgan fingerprint density at radius 1 is 1.64 bits per heavy atom. The number of hydrogen-bond donors (Lipinski definition) is 1. The van der Waals surface area contributed by atoms with Crippen molar-refractivity contribution in [3.05, 3.63) is 17.0 Å². The maximum Gasteiger partial charge on any atom is 0.146 e. The van der Waals surface area contributed by atoms with E-state index in [9.17, 15) is 0 Å². The smallest absolute Gasteiger partial charge is 0.146 e. The van der Waals surface area contributed by atoms with Crippen molar-refractivity contribution >= 4 is 21.7 Å². The molecule has 14 heavy (non-hydrogen) atoms. The van der Waals surface area contributed by atoms with Crippen LogP contribution in [0.15, 0.2) is 17.0 Å². The maximum atomic E-state index is 5.69. The maximum absolute atomic E-state index is 5.69. The summed E-state index contributed by atoms with van der Waals surface area (Å²) in [6, 6.07) is 0.220. The number of anilines is 1. The summed E-state index contributed by atoms with van der Waals surface area (Å²) in [5.74, 6) is 0.903. The standard InChI is InChI=1S/C9H15BrN4/c1-7(11)3-4-14(2)9-8(10)5-12-6-13-9/h5-7H,3-4,11H2,1-2H3. The molecular formula is C9H15BrN4. The highest BCUT2D eigenvalue weighted by Crippen LogP contribution is 2.20. The lowest BCUT2D eigenvalue weighted by Crippen LogP contribution is -2.26. The van der Waals surface area contributed by atoms with E-state index in [1.54, 1.807) is 12.5 Å². The van der Waals surface area contributed by atoms with Gasteiger partial charge in [0.25, 0.3) is 0 Å². The minimum Gasteiger partial charge on any atom is -0.359 e. The first-order chi connectivity index (χ1) is 6.61. The number of halogens is 1. The molecule has 1 rings (SSSR count). The van der Waals surface area contributed by atoms with Gasteiger partial charge in [-0.05, 0) is 29.3 Å². The van der Waals surface area contributed by atoms with Gasteiger partial charge < -0.3 is 10.6 Å². The first-order valence-corrected chi connectivity index (χ1v) is 5.32. The Hall–Kier alpha value is -0.680. The van der Waals surface area contributed by atoms with Crippen LogP contribution >= 0.6 is 15.9 Å². The Kier molecular flexibility index (Phi) is 4.28. The van der Waals surface area contributed by atoms with Gasteiger partial charge in [0.1, 0.15) is 12.1 Å². The molecule has 0 bridgehead atoms. The molecule has 2 N–H and O–H groups in total. The van der Waals surface area contributed by atoms with Crippen molar-refractivity contribution in [1.82, 2.24) is 9.97 Å². The first-order valence-electron chi connectivity index (χ1n) is 4.53. The summed E-state index contributed by atoms with van der Waals surface area (Å²) in [6.07, 6.45) is 4.24. The van der Waals surface area contributed by atoms with Gasteiger partial charge in [-0.2, -0.15) is 0 Å². The third-order valence-electron chi connectivity index (χ3n) is 1.93. The van der Waals surface area contributed by atoms with Crippen molar-refractivity contribution in [3.8, 4) is 0 Å². The van der Waals surface area contributed by atoms with Crippen LogP contribution in [-0.2, 0) is 0 Å². The average molecular weight is 259 g/mol. The molecule has 0 spiro atoms. The number of hydrogen-bond acceptors (Lipinski definition) is 4. The van der Waals surface area contributed by atoms with E-state index >= 15 is 0 Å². The van der Waals surface area contributed by atoms with Crippen LogP contribution in [0.25, 0.3) is 0 Å². The van der Waals surface area contributed by atoms with Crippen molar-refractivity contribution in [2.75, 3.05) is 18.5 Å². The van der Waals surface area contributed by atoms with E-state index in [0.29, 0.717) is 0 Å². The van der Waals surface area contributed by atoms with Crippen LogP contribution in [0.2, 0.25) is 0 Å². The SMILES string of the molecule is CC(N)CCN(C)c1ncncc1Br. The highest BCUT2D eigenvalue weighted by molar-refractivity contribution is 9.10. The van der Waals surface area contributed by atoms with Crippen LogP contribution in [0.3, 0.4) is 0 Å². The molecule has 5 heteroatoms. The van der Waals surface area contributed by atoms with E-state index in [1.165, 1.54) is 0 Å². The van der Waals surface area contributed by atoms with Crippen LogP contribution in [-0.4, -0.2) is 29.6 Å². The molecule has 1 heterocycles. The van der Waals surface area contributed by atoms with E-state index in [0.717, 1.165) is 23.3 Å². The fourth-order valence-electron chi connectivity index (χ4n) is 1.09. The lowest BCUT2D eigenvalue weighted by molar-refractivity contribution is 0.655. The molecule has 0 aliphatic carbocycles. The van der Waals surface area contributed by atoms with Crippen LogP contribution < -0.4 is 10.6 Å². The predicted octanol–water partition coefficient (Wildman–Crippen LogP) is 1.41. The summed E-state index contributed by atoms with van der Waals surface area (Å²) in [5, 5.41) is 0. The van der Waals surface area contributed by atoms with Crippen LogP contribution in [0.4, 0.5) is 5.82 Å². The summed E-state index contributed by atoms with van der Waals surface area (Å²) in [5.41, 5.74) is 5.69. The van der Waals surface area contributed by atoms with Crippen LogP contribution in [0.1, 0.15) is 13.3 Å². The summed E-state index contributed by atoms with van der Waals surface area (Å²) >= 11 is 3.41. The second kappa shape index (κ2) is 5.26. The molecule has 0 aliphatic heterocycles. The Labute approximate surface area is 92.7 Å². The minimum atomic E-state index is 0.220. The molecule has 1 unspecified atom stereocenters. The van der Waals surface area contributed by atoms with E-state index in [1.807, 2.05) is 14.0 Å². The largest absolute Gasteiger partial charge is 0.359 e. The molecule has 0 fully saturated rings. The highest BCUT2D eigenvalue weighted by atomic mass is 79.9. The van der Waals surface area contributed by atoms with Crippen molar-refractivity contribution in [2.45, 2.75) is 19.4 Å². The molecule has 0 saturated heterocycles. The number of nitrogens with two attached hydrogens (primary N) is 1. The van der Waals surface area contributed by atoms with Crippen molar-refractivity contribution in [3.63, 3.8) is 0 Å². The quantitative estimate of drug-likeness (QED) is 0.888. The molecule has 0 saturated carbocycles.